The van der Waals surface area contributed by atoms with Crippen LogP contribution in [0, 0.1) is 11.8 Å². The second-order valence-corrected chi connectivity index (χ2v) is 9.81. The number of carbonyl (C=O) groups excluding carboxylic acids is 1. The number of fused-ring (bicyclic) bond motifs is 4. The molecule has 4 heterocycles. The SMILES string of the molecule is CC[C@H]1[C@H](O[C@@H]2O[C@H](CO)[C@@H](O)[C@H](O)[C@H]2O)OC=C2C(=O)N3CCc4cc(OC)c(O)cc4[C@H]3C[C@H]21. The Morgan fingerprint density at radius 2 is 1.92 bits per heavy atom. The van der Waals surface area contributed by atoms with Crippen molar-refractivity contribution in [1.29, 1.82) is 0 Å². The van der Waals surface area contributed by atoms with Gasteiger partial charge in [0.05, 0.1) is 31.6 Å². The first-order chi connectivity index (χ1) is 17.3. The summed E-state index contributed by atoms with van der Waals surface area (Å²) in [5, 5.41) is 50.5. The van der Waals surface area contributed by atoms with Gasteiger partial charge in [0.15, 0.2) is 17.8 Å². The number of hydrogen-bond acceptors (Lipinski definition) is 10. The van der Waals surface area contributed by atoms with Crippen molar-refractivity contribution in [2.45, 2.75) is 69.2 Å². The number of carbonyl (C=O) groups is 1. The molecule has 2 saturated heterocycles. The highest BCUT2D eigenvalue weighted by atomic mass is 16.8. The Bertz CT molecular complexity index is 1030. The number of amides is 1. The monoisotopic (exact) mass is 507 g/mol. The van der Waals surface area contributed by atoms with Crippen LogP contribution in [0.25, 0.3) is 0 Å². The van der Waals surface area contributed by atoms with E-state index >= 15 is 0 Å². The van der Waals surface area contributed by atoms with Crippen LogP contribution in [0.2, 0.25) is 0 Å². The number of nitrogens with zero attached hydrogens (tertiary/aromatic N) is 1. The molecule has 1 amide bonds. The number of piperidine rings is 1. The van der Waals surface area contributed by atoms with Crippen LogP contribution in [0.4, 0.5) is 0 Å². The maximum absolute atomic E-state index is 13.5. The lowest BCUT2D eigenvalue weighted by atomic mass is 9.72. The van der Waals surface area contributed by atoms with Crippen LogP contribution in [-0.2, 0) is 25.4 Å². The van der Waals surface area contributed by atoms with Gasteiger partial charge in [-0.2, -0.15) is 0 Å². The molecule has 11 nitrogen and oxygen atoms in total. The highest BCUT2D eigenvalue weighted by molar-refractivity contribution is 5.95. The van der Waals surface area contributed by atoms with Crippen LogP contribution in [0.1, 0.15) is 36.9 Å². The third-order valence-electron chi connectivity index (χ3n) is 7.97. The molecule has 0 aliphatic carbocycles. The second-order valence-electron chi connectivity index (χ2n) is 9.81. The first-order valence-electron chi connectivity index (χ1n) is 12.3. The van der Waals surface area contributed by atoms with E-state index in [-0.39, 0.29) is 29.5 Å². The van der Waals surface area contributed by atoms with Gasteiger partial charge in [0, 0.05) is 18.4 Å². The van der Waals surface area contributed by atoms with Crippen molar-refractivity contribution in [2.24, 2.45) is 11.8 Å². The van der Waals surface area contributed by atoms with Crippen molar-refractivity contribution in [3.8, 4) is 11.5 Å². The fourth-order valence-electron chi connectivity index (χ4n) is 5.97. The molecular formula is C25H33NO10. The molecule has 0 bridgehead atoms. The zero-order chi connectivity index (χ0) is 25.7. The molecule has 2 fully saturated rings. The smallest absolute Gasteiger partial charge is 0.253 e. The van der Waals surface area contributed by atoms with Gasteiger partial charge in [0.2, 0.25) is 6.29 Å². The Morgan fingerprint density at radius 1 is 1.14 bits per heavy atom. The van der Waals surface area contributed by atoms with Crippen LogP contribution >= 0.6 is 0 Å². The lowest BCUT2D eigenvalue weighted by Gasteiger charge is -2.49. The van der Waals surface area contributed by atoms with Gasteiger partial charge in [-0.1, -0.05) is 6.92 Å². The summed E-state index contributed by atoms with van der Waals surface area (Å²) in [5.74, 6) is -0.199. The Hall–Kier alpha value is -2.41. The predicted molar refractivity (Wildman–Crippen MR) is 123 cm³/mol. The molecule has 0 radical (unpaired) electrons. The van der Waals surface area contributed by atoms with Gasteiger partial charge in [-0.3, -0.25) is 4.79 Å². The highest BCUT2D eigenvalue weighted by Crippen LogP contribution is 2.49. The Morgan fingerprint density at radius 3 is 2.61 bits per heavy atom. The van der Waals surface area contributed by atoms with Crippen molar-refractivity contribution in [3.63, 3.8) is 0 Å². The molecular weight excluding hydrogens is 474 g/mol. The Labute approximate surface area is 208 Å². The number of methoxy groups -OCH3 is 1. The van der Waals surface area contributed by atoms with Gasteiger partial charge >= 0.3 is 0 Å². The van der Waals surface area contributed by atoms with E-state index in [4.69, 9.17) is 18.9 Å². The van der Waals surface area contributed by atoms with Gasteiger partial charge in [0.25, 0.3) is 5.91 Å². The van der Waals surface area contributed by atoms with Crippen LogP contribution in [0.5, 0.6) is 11.5 Å². The summed E-state index contributed by atoms with van der Waals surface area (Å²) in [6.07, 6.45) is -4.72. The maximum atomic E-state index is 13.5. The quantitative estimate of drug-likeness (QED) is 0.365. The third-order valence-corrected chi connectivity index (χ3v) is 7.97. The zero-order valence-corrected chi connectivity index (χ0v) is 20.2. The molecule has 0 aromatic heterocycles. The fraction of sp³-hybridized carbons (Fsp3) is 0.640. The van der Waals surface area contributed by atoms with Crippen molar-refractivity contribution in [2.75, 3.05) is 20.3 Å². The van der Waals surface area contributed by atoms with Gasteiger partial charge in [-0.05, 0) is 42.5 Å². The number of aromatic hydroxyl groups is 1. The van der Waals surface area contributed by atoms with Gasteiger partial charge in [-0.15, -0.1) is 0 Å². The van der Waals surface area contributed by atoms with Crippen molar-refractivity contribution >= 4 is 5.91 Å². The Kier molecular flexibility index (Phi) is 6.88. The maximum Gasteiger partial charge on any atom is 0.253 e. The molecule has 5 N–H and O–H groups in total. The molecule has 0 unspecified atom stereocenters. The minimum absolute atomic E-state index is 0.0229. The van der Waals surface area contributed by atoms with Crippen LogP contribution < -0.4 is 4.74 Å². The van der Waals surface area contributed by atoms with E-state index < -0.39 is 43.6 Å². The number of benzene rings is 1. The summed E-state index contributed by atoms with van der Waals surface area (Å²) in [7, 11) is 1.50. The topological polar surface area (TPSA) is 158 Å². The number of hydrogen-bond donors (Lipinski definition) is 5. The Balaban J connectivity index is 1.41. The van der Waals surface area contributed by atoms with E-state index in [1.807, 2.05) is 17.9 Å². The van der Waals surface area contributed by atoms with E-state index in [0.29, 0.717) is 37.1 Å². The van der Waals surface area contributed by atoms with E-state index in [1.54, 1.807) is 6.07 Å². The molecule has 9 atom stereocenters. The molecule has 36 heavy (non-hydrogen) atoms. The predicted octanol–water partition coefficient (Wildman–Crippen LogP) is -0.0706. The molecule has 1 aromatic carbocycles. The largest absolute Gasteiger partial charge is 0.504 e. The van der Waals surface area contributed by atoms with E-state index in [1.165, 1.54) is 13.4 Å². The molecule has 5 rings (SSSR count). The molecule has 0 saturated carbocycles. The summed E-state index contributed by atoms with van der Waals surface area (Å²) in [5.41, 5.74) is 2.47. The third kappa shape index (κ3) is 4.04. The lowest BCUT2D eigenvalue weighted by molar-refractivity contribution is -0.342. The number of ether oxygens (including phenoxy) is 4. The minimum Gasteiger partial charge on any atom is -0.504 e. The number of phenols is 1. The number of rotatable bonds is 5. The molecule has 4 aliphatic heterocycles. The fourth-order valence-corrected chi connectivity index (χ4v) is 5.97. The highest BCUT2D eigenvalue weighted by Gasteiger charge is 2.51. The molecule has 1 aromatic rings. The van der Waals surface area contributed by atoms with Crippen LogP contribution in [-0.4, -0.2) is 93.6 Å². The molecule has 0 spiro atoms. The summed E-state index contributed by atoms with van der Waals surface area (Å²) < 4.78 is 22.5. The van der Waals surface area contributed by atoms with Gasteiger partial charge in [0.1, 0.15) is 24.4 Å². The molecule has 4 aliphatic rings. The summed E-state index contributed by atoms with van der Waals surface area (Å²) in [6, 6.07) is 3.26. The van der Waals surface area contributed by atoms with Crippen molar-refractivity contribution < 1.29 is 49.3 Å². The van der Waals surface area contributed by atoms with Crippen molar-refractivity contribution in [1.82, 2.24) is 4.90 Å². The average Bonchev–Trinajstić information content (AvgIpc) is 2.88. The second kappa shape index (κ2) is 9.81. The van der Waals surface area contributed by atoms with E-state index in [9.17, 15) is 30.3 Å². The first-order valence-corrected chi connectivity index (χ1v) is 12.3. The summed E-state index contributed by atoms with van der Waals surface area (Å²) in [4.78, 5) is 15.3. The molecule has 198 valence electrons. The van der Waals surface area contributed by atoms with Crippen LogP contribution in [0.15, 0.2) is 24.0 Å². The molecule has 11 heteroatoms. The van der Waals surface area contributed by atoms with Crippen LogP contribution in [0.3, 0.4) is 0 Å². The van der Waals surface area contributed by atoms with Crippen molar-refractivity contribution in [3.05, 3.63) is 35.1 Å². The zero-order valence-electron chi connectivity index (χ0n) is 20.2. The normalized spacial score (nSPS) is 37.8. The first kappa shape index (κ1) is 25.2. The number of aliphatic hydroxyl groups is 4. The van der Waals surface area contributed by atoms with E-state index in [2.05, 4.69) is 0 Å². The number of phenolic OH excluding ortho intramolecular Hbond substituents is 1. The van der Waals surface area contributed by atoms with E-state index in [0.717, 1.165) is 11.1 Å². The average molecular weight is 508 g/mol. The lowest BCUT2D eigenvalue weighted by Crippen LogP contribution is -2.60. The standard InChI is InChI=1S/C25H33NO10/c1-3-12-14-7-16-13-8-17(28)18(33-2)6-11(13)4-5-26(16)23(32)15(14)10-34-24(12)36-25-22(31)21(30)20(29)19(9-27)35-25/h6,8,10,12,14,16,19-22,24-25,27-31H,3-5,7,9H2,1-2H3/t12-,14+,16-,19-,20-,21+,22-,24+,25+/m1/s1. The number of aliphatic hydroxyl groups excluding tert-OH is 4. The minimum atomic E-state index is -1.57. The summed E-state index contributed by atoms with van der Waals surface area (Å²) in [6.45, 7) is 1.92. The van der Waals surface area contributed by atoms with Gasteiger partial charge in [-0.25, -0.2) is 0 Å². The van der Waals surface area contributed by atoms with Gasteiger partial charge < -0.3 is 49.4 Å². The summed E-state index contributed by atoms with van der Waals surface area (Å²) >= 11 is 0.